The number of anilines is 1. The number of hydrogen-bond acceptors (Lipinski definition) is 3. The number of hydrogen-bond donors (Lipinski definition) is 1. The Hall–Kier alpha value is -0.830. The van der Waals surface area contributed by atoms with Crippen molar-refractivity contribution in [2.75, 3.05) is 29.5 Å². The SMILES string of the molecule is CC(C)(C)c1ccc2c(c1)CCN2C(=NCC1CCS(=O)(=O)C1)NC1CC1.I. The highest BCUT2D eigenvalue weighted by Gasteiger charge is 2.31. The number of rotatable bonds is 3. The smallest absolute Gasteiger partial charge is 0.198 e. The Labute approximate surface area is 186 Å². The van der Waals surface area contributed by atoms with E-state index in [2.05, 4.69) is 49.2 Å². The quantitative estimate of drug-likeness (QED) is 0.379. The number of fused-ring (bicyclic) bond motifs is 1. The zero-order valence-corrected chi connectivity index (χ0v) is 20.2. The highest BCUT2D eigenvalue weighted by molar-refractivity contribution is 14.0. The second-order valence-electron chi connectivity index (χ2n) is 9.35. The van der Waals surface area contributed by atoms with Gasteiger partial charge in [-0.25, -0.2) is 8.42 Å². The van der Waals surface area contributed by atoms with Crippen LogP contribution in [0.3, 0.4) is 0 Å². The molecular weight excluding hydrogens is 485 g/mol. The van der Waals surface area contributed by atoms with Crippen LogP contribution in [0.25, 0.3) is 0 Å². The van der Waals surface area contributed by atoms with Gasteiger partial charge in [-0.05, 0) is 54.2 Å². The first-order valence-corrected chi connectivity index (χ1v) is 12.0. The highest BCUT2D eigenvalue weighted by Crippen LogP contribution is 2.33. The summed E-state index contributed by atoms with van der Waals surface area (Å²) in [5, 5.41) is 3.59. The van der Waals surface area contributed by atoms with Crippen LogP contribution in [0.5, 0.6) is 0 Å². The van der Waals surface area contributed by atoms with Crippen molar-refractivity contribution < 1.29 is 8.42 Å². The molecule has 0 radical (unpaired) electrons. The first-order chi connectivity index (χ1) is 12.7. The van der Waals surface area contributed by atoms with Crippen molar-refractivity contribution in [2.24, 2.45) is 10.9 Å². The topological polar surface area (TPSA) is 61.8 Å². The summed E-state index contributed by atoms with van der Waals surface area (Å²) in [5.41, 5.74) is 4.15. The summed E-state index contributed by atoms with van der Waals surface area (Å²) >= 11 is 0. The Morgan fingerprint density at radius 3 is 2.61 bits per heavy atom. The predicted octanol–water partition coefficient (Wildman–Crippen LogP) is 3.51. The summed E-state index contributed by atoms with van der Waals surface area (Å²) in [6, 6.07) is 7.32. The molecule has 0 amide bonds. The van der Waals surface area contributed by atoms with Gasteiger partial charge in [0.25, 0.3) is 0 Å². The molecule has 0 bridgehead atoms. The lowest BCUT2D eigenvalue weighted by molar-refractivity contribution is 0.589. The molecule has 1 saturated carbocycles. The number of nitrogens with one attached hydrogen (secondary N) is 1. The van der Waals surface area contributed by atoms with E-state index in [-0.39, 0.29) is 35.3 Å². The Morgan fingerprint density at radius 2 is 2.00 bits per heavy atom. The van der Waals surface area contributed by atoms with E-state index in [1.54, 1.807) is 0 Å². The Morgan fingerprint density at radius 1 is 1.25 bits per heavy atom. The van der Waals surface area contributed by atoms with Crippen molar-refractivity contribution >= 4 is 45.5 Å². The molecule has 1 saturated heterocycles. The number of aliphatic imine (C=N–C) groups is 1. The van der Waals surface area contributed by atoms with E-state index < -0.39 is 9.84 Å². The average Bonchev–Trinajstić information content (AvgIpc) is 3.20. The minimum Gasteiger partial charge on any atom is -0.353 e. The molecule has 2 fully saturated rings. The molecule has 4 rings (SSSR count). The molecule has 5 nitrogen and oxygen atoms in total. The summed E-state index contributed by atoms with van der Waals surface area (Å²) in [4.78, 5) is 7.17. The summed E-state index contributed by atoms with van der Waals surface area (Å²) in [6.07, 6.45) is 4.16. The van der Waals surface area contributed by atoms with E-state index in [9.17, 15) is 8.42 Å². The molecule has 1 atom stereocenters. The van der Waals surface area contributed by atoms with Gasteiger partial charge in [-0.3, -0.25) is 4.99 Å². The van der Waals surface area contributed by atoms with Crippen LogP contribution < -0.4 is 10.2 Å². The zero-order chi connectivity index (χ0) is 19.2. The molecule has 28 heavy (non-hydrogen) atoms. The molecular formula is C21H32IN3O2S. The van der Waals surface area contributed by atoms with Crippen LogP contribution in [-0.4, -0.2) is 45.0 Å². The van der Waals surface area contributed by atoms with Gasteiger partial charge in [0.1, 0.15) is 0 Å². The van der Waals surface area contributed by atoms with E-state index in [0.29, 0.717) is 24.1 Å². The standard InChI is InChI=1S/C21H31N3O2S.HI/c1-21(2,3)17-4-7-19-16(12-17)8-10-24(19)20(23-18-5-6-18)22-13-15-9-11-27(25,26)14-15;/h4,7,12,15,18H,5-6,8-11,13-14H2,1-3H3,(H,22,23);1H. The van der Waals surface area contributed by atoms with Crippen LogP contribution in [0.2, 0.25) is 0 Å². The first kappa shape index (κ1) is 21.9. The lowest BCUT2D eigenvalue weighted by atomic mass is 9.86. The highest BCUT2D eigenvalue weighted by atomic mass is 127. The normalized spacial score (nSPS) is 24.0. The third kappa shape index (κ3) is 5.01. The Balaban J connectivity index is 0.00000225. The van der Waals surface area contributed by atoms with Crippen LogP contribution in [-0.2, 0) is 21.7 Å². The largest absolute Gasteiger partial charge is 0.353 e. The molecule has 1 aliphatic carbocycles. The van der Waals surface area contributed by atoms with Gasteiger partial charge in [-0.15, -0.1) is 24.0 Å². The molecule has 1 aromatic rings. The number of halogens is 1. The molecule has 1 unspecified atom stereocenters. The van der Waals surface area contributed by atoms with Crippen LogP contribution in [0.15, 0.2) is 23.2 Å². The van der Waals surface area contributed by atoms with E-state index >= 15 is 0 Å². The van der Waals surface area contributed by atoms with Gasteiger partial charge in [-0.2, -0.15) is 0 Å². The minimum absolute atomic E-state index is 0. The molecule has 2 heterocycles. The number of benzene rings is 1. The van der Waals surface area contributed by atoms with Crippen LogP contribution in [0.1, 0.15) is 51.2 Å². The average molecular weight is 517 g/mol. The van der Waals surface area contributed by atoms with Crippen molar-refractivity contribution in [3.8, 4) is 0 Å². The molecule has 0 spiro atoms. The lowest BCUT2D eigenvalue weighted by Crippen LogP contribution is -2.42. The summed E-state index contributed by atoms with van der Waals surface area (Å²) in [7, 11) is -2.84. The summed E-state index contributed by atoms with van der Waals surface area (Å²) < 4.78 is 23.5. The van der Waals surface area contributed by atoms with Crippen LogP contribution in [0.4, 0.5) is 5.69 Å². The Bertz CT molecular complexity index is 857. The zero-order valence-electron chi connectivity index (χ0n) is 17.1. The maximum atomic E-state index is 11.7. The van der Waals surface area contributed by atoms with Crippen molar-refractivity contribution in [1.82, 2.24) is 5.32 Å². The summed E-state index contributed by atoms with van der Waals surface area (Å²) in [5.74, 6) is 1.71. The van der Waals surface area contributed by atoms with Gasteiger partial charge in [0.2, 0.25) is 0 Å². The molecule has 1 aromatic carbocycles. The van der Waals surface area contributed by atoms with Gasteiger partial charge >= 0.3 is 0 Å². The fraction of sp³-hybridized carbons (Fsp3) is 0.667. The number of sulfone groups is 1. The van der Waals surface area contributed by atoms with Crippen molar-refractivity contribution in [3.05, 3.63) is 29.3 Å². The summed E-state index contributed by atoms with van der Waals surface area (Å²) in [6.45, 7) is 8.28. The van der Waals surface area contributed by atoms with Crippen molar-refractivity contribution in [2.45, 2.75) is 57.9 Å². The molecule has 0 aromatic heterocycles. The first-order valence-electron chi connectivity index (χ1n) is 10.1. The minimum atomic E-state index is -2.84. The maximum Gasteiger partial charge on any atom is 0.198 e. The number of guanidine groups is 1. The van der Waals surface area contributed by atoms with Gasteiger partial charge in [0.05, 0.1) is 11.5 Å². The predicted molar refractivity (Wildman–Crippen MR) is 127 cm³/mol. The molecule has 2 aliphatic heterocycles. The van der Waals surface area contributed by atoms with Gasteiger partial charge < -0.3 is 10.2 Å². The number of nitrogens with zero attached hydrogens (tertiary/aromatic N) is 2. The molecule has 3 aliphatic rings. The third-order valence-corrected chi connectivity index (χ3v) is 7.67. The monoisotopic (exact) mass is 517 g/mol. The second kappa shape index (κ2) is 8.13. The molecule has 156 valence electrons. The third-order valence-electron chi connectivity index (χ3n) is 5.83. The van der Waals surface area contributed by atoms with Crippen LogP contribution >= 0.6 is 24.0 Å². The Kier molecular flexibility index (Phi) is 6.35. The van der Waals surface area contributed by atoms with Gasteiger partial charge in [0, 0.05) is 24.8 Å². The molecule has 7 heteroatoms. The van der Waals surface area contributed by atoms with E-state index in [0.717, 1.165) is 25.3 Å². The van der Waals surface area contributed by atoms with Crippen molar-refractivity contribution in [3.63, 3.8) is 0 Å². The second-order valence-corrected chi connectivity index (χ2v) is 11.6. The van der Waals surface area contributed by atoms with Gasteiger partial charge in [-0.1, -0.05) is 32.9 Å². The lowest BCUT2D eigenvalue weighted by Gasteiger charge is -2.24. The van der Waals surface area contributed by atoms with E-state index in [1.807, 2.05) is 0 Å². The molecule has 1 N–H and O–H groups in total. The fourth-order valence-corrected chi connectivity index (χ4v) is 5.79. The van der Waals surface area contributed by atoms with Gasteiger partial charge in [0.15, 0.2) is 15.8 Å². The van der Waals surface area contributed by atoms with Crippen molar-refractivity contribution in [1.29, 1.82) is 0 Å². The van der Waals surface area contributed by atoms with Crippen LogP contribution in [0, 0.1) is 5.92 Å². The van der Waals surface area contributed by atoms with E-state index in [1.165, 1.54) is 29.7 Å². The van der Waals surface area contributed by atoms with E-state index in [4.69, 9.17) is 4.99 Å². The fourth-order valence-electron chi connectivity index (χ4n) is 3.94. The maximum absolute atomic E-state index is 11.7.